The van der Waals surface area contributed by atoms with Crippen molar-refractivity contribution in [2.75, 3.05) is 25.9 Å². The number of aryl methyl sites for hydroxylation is 1. The zero-order valence-corrected chi connectivity index (χ0v) is 21.7. The van der Waals surface area contributed by atoms with Crippen molar-refractivity contribution in [1.29, 1.82) is 0 Å². The van der Waals surface area contributed by atoms with E-state index in [0.717, 1.165) is 41.8 Å². The Morgan fingerprint density at radius 1 is 1.18 bits per heavy atom. The van der Waals surface area contributed by atoms with Gasteiger partial charge in [-0.3, -0.25) is 19.2 Å². The van der Waals surface area contributed by atoms with Crippen LogP contribution in [-0.4, -0.2) is 82.1 Å². The maximum absolute atomic E-state index is 13.5. The fourth-order valence-electron chi connectivity index (χ4n) is 5.63. The van der Waals surface area contributed by atoms with E-state index in [1.54, 1.807) is 9.58 Å². The molecule has 11 heteroatoms. The molecule has 0 N–H and O–H groups in total. The largest absolute Gasteiger partial charge is 0.331 e. The second-order valence-corrected chi connectivity index (χ2v) is 12.0. The van der Waals surface area contributed by atoms with Crippen molar-refractivity contribution in [2.45, 2.75) is 58.7 Å². The van der Waals surface area contributed by atoms with Gasteiger partial charge in [-0.1, -0.05) is 20.8 Å². The molecular formula is C22H36ClN5O4S. The Balaban J connectivity index is 0.00000306. The van der Waals surface area contributed by atoms with Crippen LogP contribution in [0.5, 0.6) is 0 Å². The highest BCUT2D eigenvalue weighted by molar-refractivity contribution is 7.88. The molecule has 3 saturated heterocycles. The van der Waals surface area contributed by atoms with Crippen LogP contribution >= 0.6 is 12.4 Å². The van der Waals surface area contributed by atoms with Gasteiger partial charge in [0.15, 0.2) is 5.69 Å². The molecule has 0 saturated carbocycles. The Morgan fingerprint density at radius 3 is 2.39 bits per heavy atom. The SMILES string of the molecule is CC1CCN(Cc2cc(C(=O)N3CC[C@H]4[C@H]3[C@@H](C(C)C)C(=O)N4S(C)(=O)=O)nn2C)CC1.Cl. The van der Waals surface area contributed by atoms with Crippen LogP contribution in [0.15, 0.2) is 6.07 Å². The van der Waals surface area contributed by atoms with Crippen molar-refractivity contribution in [1.82, 2.24) is 23.9 Å². The lowest BCUT2D eigenvalue weighted by Crippen LogP contribution is -2.44. The molecule has 3 atom stereocenters. The van der Waals surface area contributed by atoms with Crippen LogP contribution < -0.4 is 0 Å². The molecule has 0 aliphatic carbocycles. The highest BCUT2D eigenvalue weighted by Crippen LogP contribution is 2.41. The predicted octanol–water partition coefficient (Wildman–Crippen LogP) is 1.73. The number of hydrogen-bond donors (Lipinski definition) is 0. The highest BCUT2D eigenvalue weighted by Gasteiger charge is 2.58. The number of amides is 2. The maximum Gasteiger partial charge on any atom is 0.274 e. The molecule has 9 nitrogen and oxygen atoms in total. The standard InChI is InChI=1S/C22H35N5O4S.ClH/c1-14(2)19-20-18(27(22(19)29)32(5,30)31)8-11-26(20)21(28)17-12-16(24(4)23-17)13-25-9-6-15(3)7-10-25;/h12,14-15,18-20H,6-11,13H2,1-5H3;1H/t18-,19+,20-;/m0./s1. The van der Waals surface area contributed by atoms with E-state index in [2.05, 4.69) is 16.9 Å². The quantitative estimate of drug-likeness (QED) is 0.609. The normalized spacial score (nSPS) is 26.7. The van der Waals surface area contributed by atoms with Gasteiger partial charge in [0, 0.05) is 20.1 Å². The van der Waals surface area contributed by atoms with Crippen molar-refractivity contribution >= 4 is 34.2 Å². The monoisotopic (exact) mass is 501 g/mol. The van der Waals surface area contributed by atoms with E-state index in [1.165, 1.54) is 12.8 Å². The minimum atomic E-state index is -3.69. The number of halogens is 1. The number of carbonyl (C=O) groups is 2. The average molecular weight is 502 g/mol. The van der Waals surface area contributed by atoms with Gasteiger partial charge < -0.3 is 4.90 Å². The van der Waals surface area contributed by atoms with Crippen LogP contribution in [0.4, 0.5) is 0 Å². The molecule has 4 heterocycles. The van der Waals surface area contributed by atoms with Crippen molar-refractivity contribution < 1.29 is 18.0 Å². The van der Waals surface area contributed by atoms with Gasteiger partial charge in [-0.05, 0) is 50.3 Å². The number of hydrogen-bond acceptors (Lipinski definition) is 6. The fraction of sp³-hybridized carbons (Fsp3) is 0.773. The third-order valence-electron chi connectivity index (χ3n) is 7.39. The summed E-state index contributed by atoms with van der Waals surface area (Å²) in [4.78, 5) is 30.6. The smallest absolute Gasteiger partial charge is 0.274 e. The first-order valence-corrected chi connectivity index (χ1v) is 13.4. The summed E-state index contributed by atoms with van der Waals surface area (Å²) in [6.45, 7) is 9.37. The average Bonchev–Trinajstić information content (AvgIpc) is 3.34. The molecule has 0 unspecified atom stereocenters. The van der Waals surface area contributed by atoms with Gasteiger partial charge in [-0.2, -0.15) is 5.10 Å². The Kier molecular flexibility index (Phi) is 7.51. The van der Waals surface area contributed by atoms with E-state index >= 15 is 0 Å². The number of aromatic nitrogens is 2. The topological polar surface area (TPSA) is 95.8 Å². The molecule has 3 aliphatic rings. The summed E-state index contributed by atoms with van der Waals surface area (Å²) in [5.41, 5.74) is 1.35. The van der Waals surface area contributed by atoms with Crippen LogP contribution in [0, 0.1) is 17.8 Å². The van der Waals surface area contributed by atoms with Gasteiger partial charge >= 0.3 is 0 Å². The van der Waals surface area contributed by atoms with Crippen molar-refractivity contribution in [2.24, 2.45) is 24.8 Å². The second kappa shape index (κ2) is 9.54. The molecule has 186 valence electrons. The lowest BCUT2D eigenvalue weighted by Gasteiger charge is -2.29. The van der Waals surface area contributed by atoms with Crippen LogP contribution in [0.2, 0.25) is 0 Å². The Bertz CT molecular complexity index is 1000. The number of likely N-dealkylation sites (tertiary alicyclic amines) is 2. The highest BCUT2D eigenvalue weighted by atomic mass is 35.5. The molecule has 0 aromatic carbocycles. The molecule has 0 bridgehead atoms. The Morgan fingerprint density at radius 2 is 1.82 bits per heavy atom. The summed E-state index contributed by atoms with van der Waals surface area (Å²) in [5.74, 6) is -0.459. The number of carbonyl (C=O) groups excluding carboxylic acids is 2. The predicted molar refractivity (Wildman–Crippen MR) is 127 cm³/mol. The summed E-state index contributed by atoms with van der Waals surface area (Å²) in [6.07, 6.45) is 3.90. The van der Waals surface area contributed by atoms with Crippen LogP contribution in [0.25, 0.3) is 0 Å². The number of nitrogens with zero attached hydrogens (tertiary/aromatic N) is 5. The summed E-state index contributed by atoms with van der Waals surface area (Å²) in [6, 6.07) is 0.912. The van der Waals surface area contributed by atoms with E-state index in [-0.39, 0.29) is 24.2 Å². The lowest BCUT2D eigenvalue weighted by atomic mass is 9.88. The first-order chi connectivity index (χ1) is 15.0. The third-order valence-corrected chi connectivity index (χ3v) is 8.55. The molecule has 33 heavy (non-hydrogen) atoms. The van der Waals surface area contributed by atoms with E-state index in [1.807, 2.05) is 27.0 Å². The minimum absolute atomic E-state index is 0. The lowest BCUT2D eigenvalue weighted by molar-refractivity contribution is -0.129. The van der Waals surface area contributed by atoms with Crippen molar-refractivity contribution in [3.8, 4) is 0 Å². The number of piperidine rings is 1. The van der Waals surface area contributed by atoms with Gasteiger partial charge in [-0.15, -0.1) is 12.4 Å². The molecule has 3 fully saturated rings. The van der Waals surface area contributed by atoms with Gasteiger partial charge in [-0.25, -0.2) is 12.7 Å². The summed E-state index contributed by atoms with van der Waals surface area (Å²) < 4.78 is 27.5. The molecular weight excluding hydrogens is 466 g/mol. The van der Waals surface area contributed by atoms with Gasteiger partial charge in [0.2, 0.25) is 15.9 Å². The fourth-order valence-corrected chi connectivity index (χ4v) is 6.80. The minimum Gasteiger partial charge on any atom is -0.331 e. The summed E-state index contributed by atoms with van der Waals surface area (Å²) >= 11 is 0. The maximum atomic E-state index is 13.5. The van der Waals surface area contributed by atoms with Crippen LogP contribution in [-0.2, 0) is 28.4 Å². The van der Waals surface area contributed by atoms with Gasteiger partial charge in [0.25, 0.3) is 5.91 Å². The van der Waals surface area contributed by atoms with E-state index in [9.17, 15) is 18.0 Å². The van der Waals surface area contributed by atoms with Gasteiger partial charge in [0.1, 0.15) is 0 Å². The Labute approximate surface area is 202 Å². The first-order valence-electron chi connectivity index (χ1n) is 11.6. The molecule has 1 aromatic heterocycles. The van der Waals surface area contributed by atoms with Crippen molar-refractivity contribution in [3.63, 3.8) is 0 Å². The molecule has 0 radical (unpaired) electrons. The Hall–Kier alpha value is -1.65. The second-order valence-electron chi connectivity index (χ2n) is 10.1. The van der Waals surface area contributed by atoms with E-state index < -0.39 is 33.9 Å². The van der Waals surface area contributed by atoms with Crippen LogP contribution in [0.3, 0.4) is 0 Å². The van der Waals surface area contributed by atoms with E-state index in [0.29, 0.717) is 18.7 Å². The third kappa shape index (κ3) is 4.79. The molecule has 4 rings (SSSR count). The summed E-state index contributed by atoms with van der Waals surface area (Å²) in [5, 5.41) is 4.49. The molecule has 3 aliphatic heterocycles. The zero-order valence-electron chi connectivity index (χ0n) is 20.1. The number of fused-ring (bicyclic) bond motifs is 1. The molecule has 0 spiro atoms. The first kappa shape index (κ1) is 26.0. The van der Waals surface area contributed by atoms with Crippen molar-refractivity contribution in [3.05, 3.63) is 17.5 Å². The molecule has 2 amide bonds. The summed E-state index contributed by atoms with van der Waals surface area (Å²) in [7, 11) is -1.83. The molecule has 1 aromatic rings. The van der Waals surface area contributed by atoms with Gasteiger partial charge in [0.05, 0.1) is 30.0 Å². The zero-order chi connectivity index (χ0) is 23.4. The number of sulfonamides is 1. The van der Waals surface area contributed by atoms with Crippen LogP contribution in [0.1, 0.15) is 56.2 Å². The number of rotatable bonds is 5. The van der Waals surface area contributed by atoms with E-state index in [4.69, 9.17) is 0 Å².